The van der Waals surface area contributed by atoms with Crippen molar-refractivity contribution >= 4 is 23.1 Å². The number of anilines is 1. The highest BCUT2D eigenvalue weighted by Gasteiger charge is 2.22. The average molecular weight is 387 g/mol. The Hall–Kier alpha value is -2.38. The van der Waals surface area contributed by atoms with Gasteiger partial charge in [0.05, 0.1) is 16.8 Å². The van der Waals surface area contributed by atoms with Gasteiger partial charge in [-0.05, 0) is 26.0 Å². The number of aromatic nitrogens is 4. The van der Waals surface area contributed by atoms with Crippen LogP contribution in [-0.2, 0) is 6.54 Å². The van der Waals surface area contributed by atoms with E-state index in [2.05, 4.69) is 24.8 Å². The minimum absolute atomic E-state index is 0.0743. The number of imidazole rings is 1. The third-order valence-corrected chi connectivity index (χ3v) is 4.74. The maximum Gasteiger partial charge on any atom is 0.257 e. The molecular weight excluding hydrogens is 364 g/mol. The van der Waals surface area contributed by atoms with Gasteiger partial charge in [0.1, 0.15) is 5.65 Å². The highest BCUT2D eigenvalue weighted by molar-refractivity contribution is 6.30. The smallest absolute Gasteiger partial charge is 0.257 e. The lowest BCUT2D eigenvalue weighted by Gasteiger charge is -2.35. The van der Waals surface area contributed by atoms with E-state index in [-0.39, 0.29) is 6.10 Å². The van der Waals surface area contributed by atoms with Gasteiger partial charge in [-0.1, -0.05) is 11.6 Å². The van der Waals surface area contributed by atoms with E-state index in [1.165, 1.54) is 0 Å². The van der Waals surface area contributed by atoms with E-state index >= 15 is 0 Å². The number of fused-ring (bicyclic) bond motifs is 1. The zero-order valence-corrected chi connectivity index (χ0v) is 16.3. The molecule has 0 radical (unpaired) electrons. The van der Waals surface area contributed by atoms with E-state index in [0.29, 0.717) is 10.9 Å². The molecule has 0 atom stereocenters. The van der Waals surface area contributed by atoms with Crippen molar-refractivity contribution in [2.45, 2.75) is 26.5 Å². The SMILES string of the molecule is CC(C)Oc1nccnc1N1CCN(Cc2cn3cc(Cl)ccc3n2)CC1. The van der Waals surface area contributed by atoms with Crippen LogP contribution in [-0.4, -0.2) is 56.5 Å². The van der Waals surface area contributed by atoms with Crippen molar-refractivity contribution in [1.29, 1.82) is 0 Å². The summed E-state index contributed by atoms with van der Waals surface area (Å²) in [5.41, 5.74) is 1.97. The van der Waals surface area contributed by atoms with Crippen LogP contribution in [0.2, 0.25) is 5.02 Å². The summed E-state index contributed by atoms with van der Waals surface area (Å²) >= 11 is 6.05. The molecular formula is C19H23ClN6O. The van der Waals surface area contributed by atoms with E-state index in [1.54, 1.807) is 12.4 Å². The van der Waals surface area contributed by atoms with Crippen LogP contribution in [0.15, 0.2) is 36.9 Å². The maximum atomic E-state index is 6.05. The van der Waals surface area contributed by atoms with Crippen LogP contribution in [0.5, 0.6) is 5.88 Å². The summed E-state index contributed by atoms with van der Waals surface area (Å²) in [7, 11) is 0. The molecule has 4 heterocycles. The summed E-state index contributed by atoms with van der Waals surface area (Å²) in [5, 5.41) is 0.712. The van der Waals surface area contributed by atoms with Crippen molar-refractivity contribution < 1.29 is 4.74 Å². The zero-order valence-electron chi connectivity index (χ0n) is 15.5. The standard InChI is InChI=1S/C19H23ClN6O/c1-14(2)27-19-18(21-5-6-22-19)25-9-7-24(8-10-25)12-16-13-26-11-15(20)3-4-17(26)23-16/h3-6,11,13-14H,7-10,12H2,1-2H3. The molecule has 142 valence electrons. The fourth-order valence-corrected chi connectivity index (χ4v) is 3.45. The first-order valence-electron chi connectivity index (χ1n) is 9.16. The minimum atomic E-state index is 0.0743. The first-order valence-corrected chi connectivity index (χ1v) is 9.54. The topological polar surface area (TPSA) is 58.8 Å². The van der Waals surface area contributed by atoms with Crippen LogP contribution in [0.3, 0.4) is 0 Å². The van der Waals surface area contributed by atoms with Crippen LogP contribution in [0.25, 0.3) is 5.65 Å². The van der Waals surface area contributed by atoms with Crippen LogP contribution in [0, 0.1) is 0 Å². The lowest BCUT2D eigenvalue weighted by molar-refractivity contribution is 0.226. The summed E-state index contributed by atoms with van der Waals surface area (Å²) < 4.78 is 7.79. The minimum Gasteiger partial charge on any atom is -0.472 e. The third-order valence-electron chi connectivity index (χ3n) is 4.52. The quantitative estimate of drug-likeness (QED) is 0.672. The molecule has 8 heteroatoms. The van der Waals surface area contributed by atoms with Gasteiger partial charge < -0.3 is 14.0 Å². The molecule has 0 unspecified atom stereocenters. The zero-order chi connectivity index (χ0) is 18.8. The number of pyridine rings is 1. The molecule has 0 bridgehead atoms. The fourth-order valence-electron chi connectivity index (χ4n) is 3.28. The highest BCUT2D eigenvalue weighted by atomic mass is 35.5. The molecule has 1 saturated heterocycles. The molecule has 0 aliphatic carbocycles. The van der Waals surface area contributed by atoms with Crippen molar-refractivity contribution in [2.24, 2.45) is 0 Å². The second kappa shape index (κ2) is 7.70. The van der Waals surface area contributed by atoms with Gasteiger partial charge in [-0.3, -0.25) is 4.90 Å². The van der Waals surface area contributed by atoms with E-state index < -0.39 is 0 Å². The van der Waals surface area contributed by atoms with Gasteiger partial charge in [0.25, 0.3) is 5.88 Å². The number of rotatable bonds is 5. The second-order valence-corrected chi connectivity index (χ2v) is 7.40. The van der Waals surface area contributed by atoms with Gasteiger partial charge in [0, 0.05) is 57.5 Å². The Morgan fingerprint density at radius 1 is 1.07 bits per heavy atom. The molecule has 0 saturated carbocycles. The lowest BCUT2D eigenvalue weighted by atomic mass is 10.3. The second-order valence-electron chi connectivity index (χ2n) is 6.96. The van der Waals surface area contributed by atoms with Gasteiger partial charge in [-0.2, -0.15) is 0 Å². The molecule has 0 amide bonds. The van der Waals surface area contributed by atoms with E-state index in [0.717, 1.165) is 49.9 Å². The first-order chi connectivity index (χ1) is 13.1. The monoisotopic (exact) mass is 386 g/mol. The van der Waals surface area contributed by atoms with Crippen molar-refractivity contribution in [3.05, 3.63) is 47.6 Å². The number of nitrogens with zero attached hydrogens (tertiary/aromatic N) is 6. The van der Waals surface area contributed by atoms with Gasteiger partial charge in [-0.15, -0.1) is 0 Å². The summed E-state index contributed by atoms with van der Waals surface area (Å²) in [6, 6.07) is 3.80. The Labute approximate surface area is 163 Å². The summed E-state index contributed by atoms with van der Waals surface area (Å²) in [6.07, 6.45) is 7.40. The molecule has 4 rings (SSSR count). The molecule has 1 aliphatic heterocycles. The van der Waals surface area contributed by atoms with Gasteiger partial charge in [0.2, 0.25) is 0 Å². The molecule has 3 aromatic heterocycles. The fraction of sp³-hybridized carbons (Fsp3) is 0.421. The van der Waals surface area contributed by atoms with E-state index in [1.807, 2.05) is 42.8 Å². The van der Waals surface area contributed by atoms with Gasteiger partial charge in [0.15, 0.2) is 5.82 Å². The predicted octanol–water partition coefficient (Wildman–Crippen LogP) is 2.89. The Balaban J connectivity index is 1.40. The maximum absolute atomic E-state index is 6.05. The Morgan fingerprint density at radius 3 is 2.63 bits per heavy atom. The highest BCUT2D eigenvalue weighted by Crippen LogP contribution is 2.25. The van der Waals surface area contributed by atoms with Gasteiger partial charge >= 0.3 is 0 Å². The Bertz CT molecular complexity index is 919. The number of ether oxygens (including phenoxy) is 1. The predicted molar refractivity (Wildman–Crippen MR) is 105 cm³/mol. The number of piperazine rings is 1. The molecule has 0 N–H and O–H groups in total. The lowest BCUT2D eigenvalue weighted by Crippen LogP contribution is -2.46. The summed E-state index contributed by atoms with van der Waals surface area (Å²) in [4.78, 5) is 18.2. The molecule has 3 aromatic rings. The van der Waals surface area contributed by atoms with Crippen molar-refractivity contribution in [3.8, 4) is 5.88 Å². The molecule has 7 nitrogen and oxygen atoms in total. The molecule has 27 heavy (non-hydrogen) atoms. The molecule has 1 aliphatic rings. The van der Waals surface area contributed by atoms with Crippen molar-refractivity contribution in [1.82, 2.24) is 24.3 Å². The summed E-state index contributed by atoms with van der Waals surface area (Å²) in [5.74, 6) is 1.44. The third kappa shape index (κ3) is 4.14. The van der Waals surface area contributed by atoms with Gasteiger partial charge in [-0.25, -0.2) is 15.0 Å². The van der Waals surface area contributed by atoms with Crippen LogP contribution in [0.4, 0.5) is 5.82 Å². The number of hydrogen-bond acceptors (Lipinski definition) is 6. The molecule has 0 spiro atoms. The van der Waals surface area contributed by atoms with E-state index in [4.69, 9.17) is 16.3 Å². The normalized spacial score (nSPS) is 15.6. The van der Waals surface area contributed by atoms with Crippen LogP contribution >= 0.6 is 11.6 Å². The van der Waals surface area contributed by atoms with Crippen molar-refractivity contribution in [3.63, 3.8) is 0 Å². The van der Waals surface area contributed by atoms with Crippen LogP contribution in [0.1, 0.15) is 19.5 Å². The molecule has 0 aromatic carbocycles. The number of hydrogen-bond donors (Lipinski definition) is 0. The summed E-state index contributed by atoms with van der Waals surface area (Å²) in [6.45, 7) is 8.46. The largest absolute Gasteiger partial charge is 0.472 e. The number of halogens is 1. The van der Waals surface area contributed by atoms with Crippen molar-refractivity contribution in [2.75, 3.05) is 31.1 Å². The Morgan fingerprint density at radius 2 is 1.85 bits per heavy atom. The van der Waals surface area contributed by atoms with E-state index in [9.17, 15) is 0 Å². The molecule has 1 fully saturated rings. The average Bonchev–Trinajstić information content (AvgIpc) is 3.04. The first kappa shape index (κ1) is 18.0. The van der Waals surface area contributed by atoms with Crippen LogP contribution < -0.4 is 9.64 Å². The Kier molecular flexibility index (Phi) is 5.13.